The van der Waals surface area contributed by atoms with Crippen LogP contribution in [0.3, 0.4) is 0 Å². The molecule has 2 heterocycles. The third-order valence-electron chi connectivity index (χ3n) is 7.22. The van der Waals surface area contributed by atoms with Crippen LogP contribution >= 0.6 is 11.5 Å². The first kappa shape index (κ1) is 25.4. The third kappa shape index (κ3) is 5.00. The Morgan fingerprint density at radius 3 is 2.57 bits per heavy atom. The van der Waals surface area contributed by atoms with E-state index < -0.39 is 21.2 Å². The summed E-state index contributed by atoms with van der Waals surface area (Å²) < 4.78 is 44.2. The lowest BCUT2D eigenvalue weighted by molar-refractivity contribution is -0.133. The fraction of sp³-hybridized carbons (Fsp3) is 0.400. The number of anilines is 1. The number of aromatic nitrogens is 2. The summed E-state index contributed by atoms with van der Waals surface area (Å²) in [5.74, 6) is 0.712. The molecule has 12 heteroatoms. The van der Waals surface area contributed by atoms with Gasteiger partial charge in [0.05, 0.1) is 32.1 Å². The molecule has 0 bridgehead atoms. The van der Waals surface area contributed by atoms with Crippen molar-refractivity contribution < 1.29 is 22.7 Å². The van der Waals surface area contributed by atoms with Gasteiger partial charge in [0.15, 0.2) is 0 Å². The molecule has 5 rings (SSSR count). The van der Waals surface area contributed by atoms with E-state index in [4.69, 9.17) is 9.47 Å². The number of ether oxygens (including phenoxy) is 2. The molecule has 0 radical (unpaired) electrons. The molecule has 10 nitrogen and oxygen atoms in total. The minimum atomic E-state index is -3.84. The van der Waals surface area contributed by atoms with E-state index in [9.17, 15) is 13.2 Å². The topological polar surface area (TPSA) is 123 Å². The van der Waals surface area contributed by atoms with Gasteiger partial charge in [-0.2, -0.15) is 4.37 Å². The summed E-state index contributed by atoms with van der Waals surface area (Å²) in [6.07, 6.45) is 2.59. The lowest BCUT2D eigenvalue weighted by Gasteiger charge is -2.44. The van der Waals surface area contributed by atoms with E-state index in [1.54, 1.807) is 26.4 Å². The second kappa shape index (κ2) is 10.6. The van der Waals surface area contributed by atoms with E-state index >= 15 is 0 Å². The normalized spacial score (nSPS) is 23.6. The Morgan fingerprint density at radius 1 is 1.08 bits per heavy atom. The SMILES string of the molecule is COc1ccc(CN(c2ncns2)S(=O)(=O)C2CCC3C(C2)C(=O)NNC3c2ccccc2OC)cc1. The Morgan fingerprint density at radius 2 is 1.86 bits per heavy atom. The van der Waals surface area contributed by atoms with Gasteiger partial charge in [-0.1, -0.05) is 30.3 Å². The molecule has 4 atom stereocenters. The van der Waals surface area contributed by atoms with Crippen molar-refractivity contribution in [3.63, 3.8) is 0 Å². The monoisotopic (exact) mass is 543 g/mol. The number of sulfonamides is 1. The van der Waals surface area contributed by atoms with Crippen LogP contribution in [0.5, 0.6) is 11.5 Å². The molecule has 1 aromatic heterocycles. The summed E-state index contributed by atoms with van der Waals surface area (Å²) in [6, 6.07) is 14.8. The molecular weight excluding hydrogens is 514 g/mol. The number of nitrogens with one attached hydrogen (secondary N) is 2. The summed E-state index contributed by atoms with van der Waals surface area (Å²) in [7, 11) is -0.646. The minimum Gasteiger partial charge on any atom is -0.497 e. The number of rotatable bonds is 8. The quantitative estimate of drug-likeness (QED) is 0.445. The largest absolute Gasteiger partial charge is 0.497 e. The Hall–Kier alpha value is -3.22. The van der Waals surface area contributed by atoms with Crippen LogP contribution in [0.15, 0.2) is 54.9 Å². The van der Waals surface area contributed by atoms with Gasteiger partial charge in [0, 0.05) is 23.0 Å². The fourth-order valence-corrected chi connectivity index (χ4v) is 8.02. The Bertz CT molecular complexity index is 1330. The van der Waals surface area contributed by atoms with Crippen LogP contribution in [0, 0.1) is 11.8 Å². The molecule has 2 aliphatic rings. The molecule has 196 valence electrons. The Balaban J connectivity index is 1.41. The van der Waals surface area contributed by atoms with Crippen molar-refractivity contribution in [3.8, 4) is 11.5 Å². The van der Waals surface area contributed by atoms with Crippen molar-refractivity contribution in [2.45, 2.75) is 37.1 Å². The highest BCUT2D eigenvalue weighted by Gasteiger charge is 2.48. The zero-order chi connectivity index (χ0) is 26.0. The predicted octanol–water partition coefficient (Wildman–Crippen LogP) is 3.05. The molecule has 1 amide bonds. The van der Waals surface area contributed by atoms with Crippen LogP contribution in [0.2, 0.25) is 0 Å². The number of carbonyl (C=O) groups is 1. The van der Waals surface area contributed by atoms with Crippen LogP contribution < -0.4 is 24.6 Å². The van der Waals surface area contributed by atoms with Gasteiger partial charge in [-0.3, -0.25) is 10.2 Å². The summed E-state index contributed by atoms with van der Waals surface area (Å²) in [4.78, 5) is 17.1. The molecule has 1 aliphatic heterocycles. The summed E-state index contributed by atoms with van der Waals surface area (Å²) >= 11 is 1.03. The van der Waals surface area contributed by atoms with Gasteiger partial charge in [0.25, 0.3) is 0 Å². The summed E-state index contributed by atoms with van der Waals surface area (Å²) in [6.45, 7) is 0.115. The van der Waals surface area contributed by atoms with Gasteiger partial charge < -0.3 is 9.47 Å². The number of fused-ring (bicyclic) bond motifs is 1. The van der Waals surface area contributed by atoms with Crippen molar-refractivity contribution in [3.05, 3.63) is 66.0 Å². The molecule has 1 saturated carbocycles. The Kier molecular flexibility index (Phi) is 7.31. The van der Waals surface area contributed by atoms with Gasteiger partial charge in [0.2, 0.25) is 21.1 Å². The van der Waals surface area contributed by atoms with E-state index in [-0.39, 0.29) is 30.8 Å². The molecule has 2 aromatic carbocycles. The highest BCUT2D eigenvalue weighted by atomic mass is 32.2. The van der Waals surface area contributed by atoms with Crippen LogP contribution in [0.25, 0.3) is 0 Å². The van der Waals surface area contributed by atoms with Crippen LogP contribution in [-0.2, 0) is 21.4 Å². The lowest BCUT2D eigenvalue weighted by atomic mass is 9.72. The van der Waals surface area contributed by atoms with Crippen LogP contribution in [0.4, 0.5) is 5.13 Å². The number of hydrogen-bond donors (Lipinski definition) is 2. The summed E-state index contributed by atoms with van der Waals surface area (Å²) in [5.41, 5.74) is 7.65. The molecule has 4 unspecified atom stereocenters. The third-order valence-corrected chi connectivity index (χ3v) is 10.2. The Labute approximate surface area is 220 Å². The standard InChI is InChI=1S/C25H29N5O5S2/c1-34-17-9-7-16(8-10-17)14-30(25-26-15-27-36-25)37(32,33)18-11-12-19-21(13-18)24(31)29-28-23(19)20-5-3-4-6-22(20)35-2/h3-10,15,18-19,21,23,28H,11-14H2,1-2H3,(H,29,31). The second-order valence-electron chi connectivity index (χ2n) is 9.18. The highest BCUT2D eigenvalue weighted by molar-refractivity contribution is 7.93. The molecule has 1 aliphatic carbocycles. The van der Waals surface area contributed by atoms with Gasteiger partial charge in [-0.15, -0.1) is 0 Å². The maximum atomic E-state index is 14.0. The highest BCUT2D eigenvalue weighted by Crippen LogP contribution is 2.45. The first-order valence-corrected chi connectivity index (χ1v) is 14.3. The van der Waals surface area contributed by atoms with E-state index in [0.29, 0.717) is 23.7 Å². The van der Waals surface area contributed by atoms with Crippen molar-refractivity contribution in [2.75, 3.05) is 18.5 Å². The number of hydrogen-bond acceptors (Lipinski definition) is 9. The smallest absolute Gasteiger partial charge is 0.240 e. The van der Waals surface area contributed by atoms with E-state index in [1.165, 1.54) is 10.6 Å². The van der Waals surface area contributed by atoms with E-state index in [2.05, 4.69) is 20.2 Å². The molecule has 2 N–H and O–H groups in total. The summed E-state index contributed by atoms with van der Waals surface area (Å²) in [5, 5.41) is -0.419. The first-order chi connectivity index (χ1) is 17.9. The van der Waals surface area contributed by atoms with Crippen molar-refractivity contribution >= 4 is 32.6 Å². The second-order valence-corrected chi connectivity index (χ2v) is 12.1. The molecule has 37 heavy (non-hydrogen) atoms. The molecular formula is C25H29N5O5S2. The predicted molar refractivity (Wildman–Crippen MR) is 140 cm³/mol. The molecule has 3 aromatic rings. The molecule has 0 spiro atoms. The minimum absolute atomic E-state index is 0.0620. The van der Waals surface area contributed by atoms with Crippen molar-refractivity contribution in [1.29, 1.82) is 0 Å². The zero-order valence-corrected chi connectivity index (χ0v) is 22.2. The van der Waals surface area contributed by atoms with Gasteiger partial charge in [0.1, 0.15) is 17.8 Å². The van der Waals surface area contributed by atoms with Crippen LogP contribution in [0.1, 0.15) is 36.4 Å². The number of para-hydroxylation sites is 1. The number of hydrazine groups is 1. The average molecular weight is 544 g/mol. The maximum absolute atomic E-state index is 14.0. The first-order valence-electron chi connectivity index (χ1n) is 12.0. The van der Waals surface area contributed by atoms with E-state index in [1.807, 2.05) is 36.4 Å². The van der Waals surface area contributed by atoms with Gasteiger partial charge in [-0.25, -0.2) is 23.1 Å². The van der Waals surface area contributed by atoms with E-state index in [0.717, 1.165) is 28.4 Å². The van der Waals surface area contributed by atoms with Crippen molar-refractivity contribution in [2.24, 2.45) is 11.8 Å². The van der Waals surface area contributed by atoms with Crippen LogP contribution in [-0.4, -0.2) is 43.2 Å². The number of nitrogens with zero attached hydrogens (tertiary/aromatic N) is 3. The van der Waals surface area contributed by atoms with Crippen molar-refractivity contribution in [1.82, 2.24) is 20.2 Å². The fourth-order valence-electron chi connectivity index (χ4n) is 5.33. The van der Waals surface area contributed by atoms with Gasteiger partial charge in [-0.05, 0) is 48.9 Å². The number of benzene rings is 2. The maximum Gasteiger partial charge on any atom is 0.240 e. The number of methoxy groups -OCH3 is 2. The molecule has 1 saturated heterocycles. The number of amides is 1. The average Bonchev–Trinajstić information content (AvgIpc) is 3.46. The molecule has 2 fully saturated rings. The zero-order valence-electron chi connectivity index (χ0n) is 20.5. The lowest BCUT2D eigenvalue weighted by Crippen LogP contribution is -2.57. The number of carbonyl (C=O) groups excluding carboxylic acids is 1. The van der Waals surface area contributed by atoms with Gasteiger partial charge >= 0.3 is 0 Å².